The number of aromatic amines is 1. The van der Waals surface area contributed by atoms with Gasteiger partial charge < -0.3 is 4.98 Å². The van der Waals surface area contributed by atoms with E-state index in [-0.39, 0.29) is 11.1 Å². The fraction of sp³-hybridized carbons (Fsp3) is 0.276. The molecule has 0 aliphatic carbocycles. The van der Waals surface area contributed by atoms with Gasteiger partial charge in [0.15, 0.2) is 5.82 Å². The molecule has 37 heavy (non-hydrogen) atoms. The van der Waals surface area contributed by atoms with Crippen molar-refractivity contribution in [1.82, 2.24) is 35.1 Å². The predicted molar refractivity (Wildman–Crippen MR) is 144 cm³/mol. The first-order valence-electron chi connectivity index (χ1n) is 12.4. The van der Waals surface area contributed by atoms with Crippen LogP contribution in [0.3, 0.4) is 0 Å². The van der Waals surface area contributed by atoms with Gasteiger partial charge in [-0.15, -0.1) is 5.10 Å². The summed E-state index contributed by atoms with van der Waals surface area (Å²) in [4.78, 5) is 23.3. The lowest BCUT2D eigenvalue weighted by Gasteiger charge is -2.33. The molecule has 0 aliphatic heterocycles. The number of hydrogen-bond donors (Lipinski definition) is 1. The second kappa shape index (κ2) is 10.1. The lowest BCUT2D eigenvalue weighted by molar-refractivity contribution is 0.184. The molecule has 3 heterocycles. The summed E-state index contributed by atoms with van der Waals surface area (Å²) in [6, 6.07) is 21.7. The van der Waals surface area contributed by atoms with E-state index < -0.39 is 6.04 Å². The fourth-order valence-corrected chi connectivity index (χ4v) is 4.67. The summed E-state index contributed by atoms with van der Waals surface area (Å²) in [6.07, 6.45) is 3.62. The SMILES string of the molecule is Cc1ccc2[nH]c(=O)c(C(c3nnnn3C(C)(C)C)N(Cc3ccccc3)Cc3cccnc3)cc2c1. The largest absolute Gasteiger partial charge is 0.322 e. The van der Waals surface area contributed by atoms with Gasteiger partial charge in [0.2, 0.25) is 0 Å². The number of tetrazole rings is 1. The van der Waals surface area contributed by atoms with Crippen molar-refractivity contribution < 1.29 is 0 Å². The first-order valence-corrected chi connectivity index (χ1v) is 12.4. The highest BCUT2D eigenvalue weighted by Crippen LogP contribution is 2.32. The molecular weight excluding hydrogens is 462 g/mol. The van der Waals surface area contributed by atoms with Gasteiger partial charge in [0.25, 0.3) is 5.56 Å². The number of benzene rings is 2. The second-order valence-electron chi connectivity index (χ2n) is 10.4. The normalized spacial score (nSPS) is 12.8. The van der Waals surface area contributed by atoms with Crippen LogP contribution < -0.4 is 5.56 Å². The third-order valence-corrected chi connectivity index (χ3v) is 6.40. The Bertz CT molecular complexity index is 1510. The molecule has 0 amide bonds. The Kier molecular flexibility index (Phi) is 6.67. The quantitative estimate of drug-likeness (QED) is 0.351. The number of rotatable bonds is 7. The van der Waals surface area contributed by atoms with Crippen molar-refractivity contribution in [2.24, 2.45) is 0 Å². The zero-order valence-corrected chi connectivity index (χ0v) is 21.6. The first kappa shape index (κ1) is 24.5. The minimum atomic E-state index is -0.511. The van der Waals surface area contributed by atoms with E-state index in [9.17, 15) is 4.79 Å². The van der Waals surface area contributed by atoms with Crippen LogP contribution in [0.4, 0.5) is 0 Å². The van der Waals surface area contributed by atoms with Crippen molar-refractivity contribution in [3.8, 4) is 0 Å². The topological polar surface area (TPSA) is 92.6 Å². The Morgan fingerprint density at radius 3 is 2.46 bits per heavy atom. The molecule has 1 atom stereocenters. The molecule has 2 aromatic carbocycles. The van der Waals surface area contributed by atoms with Gasteiger partial charge in [-0.05, 0) is 78.9 Å². The molecular formula is C29H31N7O. The molecule has 0 bridgehead atoms. The van der Waals surface area contributed by atoms with E-state index in [1.54, 1.807) is 6.20 Å². The standard InChI is InChI=1S/C29H31N7O/c1-20-12-13-25-23(15-20)16-24(28(37)31-25)26(27-32-33-34-36(27)29(2,3)4)35(18-21-9-6-5-7-10-21)19-22-11-8-14-30-17-22/h5-17,26H,18-19H2,1-4H3,(H,31,37). The second-order valence-corrected chi connectivity index (χ2v) is 10.4. The molecule has 1 N–H and O–H groups in total. The van der Waals surface area contributed by atoms with Gasteiger partial charge in [-0.3, -0.25) is 14.7 Å². The van der Waals surface area contributed by atoms with Gasteiger partial charge in [0.05, 0.1) is 5.54 Å². The van der Waals surface area contributed by atoms with E-state index in [0.29, 0.717) is 24.5 Å². The van der Waals surface area contributed by atoms with Crippen LogP contribution in [0.5, 0.6) is 0 Å². The Hall–Kier alpha value is -4.17. The van der Waals surface area contributed by atoms with Crippen LogP contribution in [0.1, 0.15) is 54.9 Å². The van der Waals surface area contributed by atoms with Crippen LogP contribution >= 0.6 is 0 Å². The van der Waals surface area contributed by atoms with E-state index in [1.165, 1.54) is 0 Å². The van der Waals surface area contributed by atoms with Gasteiger partial charge in [0.1, 0.15) is 6.04 Å². The molecule has 5 aromatic rings. The summed E-state index contributed by atoms with van der Waals surface area (Å²) < 4.78 is 1.82. The van der Waals surface area contributed by atoms with E-state index in [0.717, 1.165) is 27.6 Å². The van der Waals surface area contributed by atoms with Crippen LogP contribution in [0, 0.1) is 6.92 Å². The molecule has 0 fully saturated rings. The average Bonchev–Trinajstić information content (AvgIpc) is 3.36. The lowest BCUT2D eigenvalue weighted by Crippen LogP contribution is -2.37. The maximum absolute atomic E-state index is 13.7. The zero-order valence-electron chi connectivity index (χ0n) is 21.6. The number of nitrogens with zero attached hydrogens (tertiary/aromatic N) is 6. The molecule has 0 saturated heterocycles. The minimum Gasteiger partial charge on any atom is -0.322 e. The molecule has 5 rings (SSSR count). The molecule has 8 nitrogen and oxygen atoms in total. The summed E-state index contributed by atoms with van der Waals surface area (Å²) in [5.74, 6) is 0.616. The highest BCUT2D eigenvalue weighted by atomic mass is 16.1. The van der Waals surface area contributed by atoms with Crippen LogP contribution in [-0.2, 0) is 18.6 Å². The van der Waals surface area contributed by atoms with E-state index in [1.807, 2.05) is 66.3 Å². The van der Waals surface area contributed by atoms with Gasteiger partial charge in [0, 0.05) is 36.6 Å². The molecule has 0 aliphatic rings. The van der Waals surface area contributed by atoms with Crippen LogP contribution in [0.15, 0.2) is 83.9 Å². The summed E-state index contributed by atoms with van der Waals surface area (Å²) >= 11 is 0. The molecule has 8 heteroatoms. The third kappa shape index (κ3) is 5.34. The van der Waals surface area contributed by atoms with Crippen molar-refractivity contribution >= 4 is 10.9 Å². The van der Waals surface area contributed by atoms with Crippen LogP contribution in [0.2, 0.25) is 0 Å². The first-order chi connectivity index (χ1) is 17.8. The highest BCUT2D eigenvalue weighted by Gasteiger charge is 2.33. The number of pyridine rings is 2. The van der Waals surface area contributed by atoms with Crippen molar-refractivity contribution in [3.63, 3.8) is 0 Å². The lowest BCUT2D eigenvalue weighted by atomic mass is 10.00. The maximum atomic E-state index is 13.7. The number of nitrogens with one attached hydrogen (secondary N) is 1. The summed E-state index contributed by atoms with van der Waals surface area (Å²) in [6.45, 7) is 9.35. The Morgan fingerprint density at radius 1 is 0.973 bits per heavy atom. The third-order valence-electron chi connectivity index (χ3n) is 6.40. The highest BCUT2D eigenvalue weighted by molar-refractivity contribution is 5.79. The molecule has 3 aromatic heterocycles. The molecule has 0 radical (unpaired) electrons. The maximum Gasteiger partial charge on any atom is 0.253 e. The Morgan fingerprint density at radius 2 is 1.73 bits per heavy atom. The van der Waals surface area contributed by atoms with Crippen molar-refractivity contribution in [1.29, 1.82) is 0 Å². The van der Waals surface area contributed by atoms with Gasteiger partial charge in [-0.2, -0.15) is 0 Å². The summed E-state index contributed by atoms with van der Waals surface area (Å²) in [5, 5.41) is 13.9. The van der Waals surface area contributed by atoms with Crippen molar-refractivity contribution in [3.05, 3.63) is 118 Å². The number of H-pyrrole nitrogens is 1. The smallest absolute Gasteiger partial charge is 0.253 e. The average molecular weight is 494 g/mol. The Balaban J connectivity index is 1.73. The van der Waals surface area contributed by atoms with Crippen LogP contribution in [-0.4, -0.2) is 35.1 Å². The van der Waals surface area contributed by atoms with Gasteiger partial charge in [-0.25, -0.2) is 4.68 Å². The number of hydrogen-bond acceptors (Lipinski definition) is 6. The predicted octanol–water partition coefficient (Wildman–Crippen LogP) is 4.76. The number of aryl methyl sites for hydroxylation is 1. The van der Waals surface area contributed by atoms with Crippen molar-refractivity contribution in [2.45, 2.75) is 52.4 Å². The van der Waals surface area contributed by atoms with E-state index in [4.69, 9.17) is 0 Å². The van der Waals surface area contributed by atoms with Gasteiger partial charge >= 0.3 is 0 Å². The van der Waals surface area contributed by atoms with E-state index >= 15 is 0 Å². The number of aromatic nitrogens is 6. The molecule has 188 valence electrons. The summed E-state index contributed by atoms with van der Waals surface area (Å²) in [7, 11) is 0. The molecule has 0 saturated carbocycles. The molecule has 1 unspecified atom stereocenters. The Labute approximate surface area is 216 Å². The minimum absolute atomic E-state index is 0.158. The monoisotopic (exact) mass is 493 g/mol. The molecule has 0 spiro atoms. The number of fused-ring (bicyclic) bond motifs is 1. The van der Waals surface area contributed by atoms with Crippen molar-refractivity contribution in [2.75, 3.05) is 0 Å². The zero-order chi connectivity index (χ0) is 26.0. The van der Waals surface area contributed by atoms with E-state index in [2.05, 4.69) is 69.4 Å². The summed E-state index contributed by atoms with van der Waals surface area (Å²) in [5.41, 5.74) is 4.13. The van der Waals surface area contributed by atoms with Crippen LogP contribution in [0.25, 0.3) is 10.9 Å². The fourth-order valence-electron chi connectivity index (χ4n) is 4.67. The van der Waals surface area contributed by atoms with Gasteiger partial charge in [-0.1, -0.05) is 48.0 Å².